The molecule has 0 bridgehead atoms. The van der Waals surface area contributed by atoms with Crippen molar-refractivity contribution < 1.29 is 9.59 Å². The summed E-state index contributed by atoms with van der Waals surface area (Å²) in [5.74, 6) is -0.129. The van der Waals surface area contributed by atoms with Gasteiger partial charge < -0.3 is 20.0 Å². The first kappa shape index (κ1) is 18.3. The largest absolute Gasteiger partial charge is 0.372 e. The van der Waals surface area contributed by atoms with Crippen molar-refractivity contribution >= 4 is 23.2 Å². The molecule has 1 aromatic carbocycles. The summed E-state index contributed by atoms with van der Waals surface area (Å²) in [7, 11) is 2.06. The number of amides is 2. The summed E-state index contributed by atoms with van der Waals surface area (Å²) in [5.41, 5.74) is 1.15. The topological polar surface area (TPSA) is 55.9 Å². The number of likely N-dealkylation sites (N-methyl/N-ethyl adjacent to an activating group) is 1. The zero-order valence-corrected chi connectivity index (χ0v) is 16.2. The Bertz CT molecular complexity index is 685. The maximum atomic E-state index is 12.9. The third kappa shape index (κ3) is 3.81. The summed E-state index contributed by atoms with van der Waals surface area (Å²) in [6, 6.07) is 8.06. The van der Waals surface area contributed by atoms with E-state index in [4.69, 9.17) is 0 Å². The van der Waals surface area contributed by atoms with Crippen LogP contribution in [0.2, 0.25) is 0 Å². The summed E-state index contributed by atoms with van der Waals surface area (Å²) in [5, 5.41) is 2.99. The van der Waals surface area contributed by atoms with Gasteiger partial charge in [-0.25, -0.2) is 0 Å². The molecule has 1 aromatic rings. The zero-order chi connectivity index (χ0) is 18.9. The van der Waals surface area contributed by atoms with E-state index >= 15 is 0 Å². The number of piperidine rings is 1. The van der Waals surface area contributed by atoms with E-state index in [9.17, 15) is 9.59 Å². The van der Waals surface area contributed by atoms with E-state index in [0.717, 1.165) is 45.0 Å². The van der Waals surface area contributed by atoms with Crippen LogP contribution in [0.25, 0.3) is 0 Å². The minimum absolute atomic E-state index is 0.0121. The van der Waals surface area contributed by atoms with Crippen LogP contribution in [0.3, 0.4) is 0 Å². The van der Waals surface area contributed by atoms with E-state index < -0.39 is 5.41 Å². The third-order valence-electron chi connectivity index (χ3n) is 6.23. The number of anilines is 2. The van der Waals surface area contributed by atoms with Gasteiger partial charge in [-0.1, -0.05) is 0 Å². The molecular weight excluding hydrogens is 340 g/mol. The maximum absolute atomic E-state index is 12.9. The first-order chi connectivity index (χ1) is 13.1. The molecule has 0 aromatic heterocycles. The molecule has 0 unspecified atom stereocenters. The second kappa shape index (κ2) is 7.50. The number of benzene rings is 1. The molecule has 2 heterocycles. The number of hydrogen-bond acceptors (Lipinski definition) is 4. The fraction of sp³-hybridized carbons (Fsp3) is 0.619. The Morgan fingerprint density at radius 1 is 0.889 bits per heavy atom. The summed E-state index contributed by atoms with van der Waals surface area (Å²) < 4.78 is 0. The molecule has 6 heteroatoms. The Morgan fingerprint density at radius 3 is 2.11 bits per heavy atom. The van der Waals surface area contributed by atoms with Gasteiger partial charge in [0.2, 0.25) is 11.8 Å². The van der Waals surface area contributed by atoms with Crippen molar-refractivity contribution in [2.75, 3.05) is 56.5 Å². The van der Waals surface area contributed by atoms with Crippen LogP contribution in [0.15, 0.2) is 24.3 Å². The second-order valence-corrected chi connectivity index (χ2v) is 8.23. The van der Waals surface area contributed by atoms with E-state index in [2.05, 4.69) is 34.3 Å². The lowest BCUT2D eigenvalue weighted by atomic mass is 10.0. The zero-order valence-electron chi connectivity index (χ0n) is 16.2. The van der Waals surface area contributed by atoms with Crippen LogP contribution < -0.4 is 10.2 Å². The summed E-state index contributed by atoms with van der Waals surface area (Å²) in [6.45, 7) is 5.40. The Morgan fingerprint density at radius 2 is 1.52 bits per heavy atom. The predicted octanol–water partition coefficient (Wildman–Crippen LogP) is 2.17. The number of rotatable bonds is 4. The highest BCUT2D eigenvalue weighted by Gasteiger charge is 2.58. The van der Waals surface area contributed by atoms with Gasteiger partial charge in [-0.05, 0) is 63.4 Å². The van der Waals surface area contributed by atoms with Crippen LogP contribution in [0, 0.1) is 5.41 Å². The van der Waals surface area contributed by atoms with Crippen LogP contribution in [0.1, 0.15) is 32.1 Å². The van der Waals surface area contributed by atoms with Gasteiger partial charge in [0.1, 0.15) is 5.41 Å². The van der Waals surface area contributed by atoms with Crippen LogP contribution in [0.4, 0.5) is 11.4 Å². The molecule has 0 radical (unpaired) electrons. The summed E-state index contributed by atoms with van der Waals surface area (Å²) in [4.78, 5) is 32.3. The SMILES string of the molecule is CN1CCN(C(=O)C2(C(=O)Nc3ccc(N4CCCCC4)cc3)CC2)CC1. The summed E-state index contributed by atoms with van der Waals surface area (Å²) in [6.07, 6.45) is 5.13. The standard InChI is InChI=1S/C21H30N4O2/c1-23-13-15-25(16-14-23)20(27)21(9-10-21)19(26)22-17-5-7-18(8-6-17)24-11-3-2-4-12-24/h5-8H,2-4,9-16H2,1H3,(H,22,26). The van der Waals surface area contributed by atoms with Gasteiger partial charge in [-0.2, -0.15) is 0 Å². The highest BCUT2D eigenvalue weighted by Crippen LogP contribution is 2.48. The third-order valence-corrected chi connectivity index (χ3v) is 6.23. The minimum Gasteiger partial charge on any atom is -0.372 e. The van der Waals surface area contributed by atoms with Crippen molar-refractivity contribution in [3.8, 4) is 0 Å². The Balaban J connectivity index is 1.37. The normalized spacial score (nSPS) is 22.4. The summed E-state index contributed by atoms with van der Waals surface area (Å²) >= 11 is 0. The second-order valence-electron chi connectivity index (χ2n) is 8.23. The maximum Gasteiger partial charge on any atom is 0.240 e. The molecule has 146 valence electrons. The van der Waals surface area contributed by atoms with Gasteiger partial charge in [0, 0.05) is 50.6 Å². The van der Waals surface area contributed by atoms with Crippen molar-refractivity contribution in [3.63, 3.8) is 0 Å². The number of carbonyl (C=O) groups excluding carboxylic acids is 2. The Kier molecular flexibility index (Phi) is 5.08. The van der Waals surface area contributed by atoms with Gasteiger partial charge in [-0.3, -0.25) is 9.59 Å². The predicted molar refractivity (Wildman–Crippen MR) is 107 cm³/mol. The highest BCUT2D eigenvalue weighted by atomic mass is 16.2. The molecule has 2 amide bonds. The van der Waals surface area contributed by atoms with Crippen LogP contribution in [-0.2, 0) is 9.59 Å². The Labute approximate surface area is 161 Å². The first-order valence-electron chi connectivity index (χ1n) is 10.2. The number of hydrogen-bond donors (Lipinski definition) is 1. The molecule has 3 aliphatic rings. The molecule has 4 rings (SSSR count). The van der Waals surface area contributed by atoms with Gasteiger partial charge in [0.05, 0.1) is 0 Å². The molecule has 3 fully saturated rings. The van der Waals surface area contributed by atoms with Crippen LogP contribution >= 0.6 is 0 Å². The lowest BCUT2D eigenvalue weighted by molar-refractivity contribution is -0.143. The average Bonchev–Trinajstić information content (AvgIpc) is 3.51. The number of nitrogens with zero attached hydrogens (tertiary/aromatic N) is 3. The quantitative estimate of drug-likeness (QED) is 0.826. The molecule has 0 spiro atoms. The fourth-order valence-electron chi connectivity index (χ4n) is 4.13. The van der Waals surface area contributed by atoms with Crippen LogP contribution in [-0.4, -0.2) is 67.9 Å². The number of nitrogens with one attached hydrogen (secondary N) is 1. The molecule has 2 aliphatic heterocycles. The van der Waals surface area contributed by atoms with E-state index in [1.807, 2.05) is 17.0 Å². The molecule has 27 heavy (non-hydrogen) atoms. The van der Waals surface area contributed by atoms with E-state index in [1.54, 1.807) is 0 Å². The number of piperazine rings is 1. The number of carbonyl (C=O) groups is 2. The van der Waals surface area contributed by atoms with Crippen LogP contribution in [0.5, 0.6) is 0 Å². The van der Waals surface area contributed by atoms with Gasteiger partial charge in [-0.15, -0.1) is 0 Å². The molecule has 1 aliphatic carbocycles. The van der Waals surface area contributed by atoms with E-state index in [0.29, 0.717) is 12.8 Å². The van der Waals surface area contributed by atoms with Gasteiger partial charge >= 0.3 is 0 Å². The lowest BCUT2D eigenvalue weighted by Gasteiger charge is -2.34. The molecular formula is C21H30N4O2. The van der Waals surface area contributed by atoms with Crippen molar-refractivity contribution in [2.45, 2.75) is 32.1 Å². The van der Waals surface area contributed by atoms with Gasteiger partial charge in [0.15, 0.2) is 0 Å². The van der Waals surface area contributed by atoms with E-state index in [-0.39, 0.29) is 11.8 Å². The molecule has 6 nitrogen and oxygen atoms in total. The molecule has 0 atom stereocenters. The van der Waals surface area contributed by atoms with Gasteiger partial charge in [0.25, 0.3) is 0 Å². The van der Waals surface area contributed by atoms with Crippen molar-refractivity contribution in [1.82, 2.24) is 9.80 Å². The van der Waals surface area contributed by atoms with Crippen molar-refractivity contribution in [3.05, 3.63) is 24.3 Å². The van der Waals surface area contributed by atoms with Crippen molar-refractivity contribution in [1.29, 1.82) is 0 Å². The minimum atomic E-state index is -0.832. The average molecular weight is 370 g/mol. The molecule has 2 saturated heterocycles. The smallest absolute Gasteiger partial charge is 0.240 e. The molecule has 1 saturated carbocycles. The fourth-order valence-corrected chi connectivity index (χ4v) is 4.13. The lowest BCUT2D eigenvalue weighted by Crippen LogP contribution is -2.51. The first-order valence-corrected chi connectivity index (χ1v) is 10.2. The van der Waals surface area contributed by atoms with Crippen molar-refractivity contribution in [2.24, 2.45) is 5.41 Å². The highest BCUT2D eigenvalue weighted by molar-refractivity contribution is 6.13. The van der Waals surface area contributed by atoms with E-state index in [1.165, 1.54) is 24.9 Å². The monoisotopic (exact) mass is 370 g/mol. The molecule has 1 N–H and O–H groups in total. The Hall–Kier alpha value is -2.08.